The number of nitrogens with zero attached hydrogens (tertiary/aromatic N) is 1. The normalized spacial score (nSPS) is 11.4. The Balaban J connectivity index is 1.54. The number of rotatable bonds is 10. The first-order valence-electron chi connectivity index (χ1n) is 10.3. The van der Waals surface area contributed by atoms with E-state index in [1.807, 2.05) is 27.2 Å². The van der Waals surface area contributed by atoms with Gasteiger partial charge in [-0.1, -0.05) is 0 Å². The molecule has 0 spiro atoms. The molecule has 0 fully saturated rings. The summed E-state index contributed by atoms with van der Waals surface area (Å²) in [4.78, 5) is 12.2. The molecule has 0 saturated heterocycles. The quantitative estimate of drug-likeness (QED) is 0.288. The van der Waals surface area contributed by atoms with Gasteiger partial charge in [-0.3, -0.25) is 4.48 Å². The molecule has 0 radical (unpaired) electrons. The second kappa shape index (κ2) is 9.82. The molecule has 0 aliphatic heterocycles. The lowest BCUT2D eigenvalue weighted by molar-refractivity contribution is 0.259. The topological polar surface area (TPSA) is 87.4 Å². The van der Waals surface area contributed by atoms with Crippen LogP contribution >= 0.6 is 0 Å². The van der Waals surface area contributed by atoms with Gasteiger partial charge >= 0.3 is 5.63 Å². The van der Waals surface area contributed by atoms with Crippen molar-refractivity contribution < 1.29 is 28.5 Å². The predicted molar refractivity (Wildman–Crippen MR) is 123 cm³/mol. The first-order valence-corrected chi connectivity index (χ1v) is 10.3. The Labute approximate surface area is 187 Å². The molecule has 0 bridgehead atoms. The van der Waals surface area contributed by atoms with Crippen LogP contribution in [0.15, 0.2) is 45.6 Å². The van der Waals surface area contributed by atoms with Gasteiger partial charge in [-0.15, -0.1) is 0 Å². The third-order valence-electron chi connectivity index (χ3n) is 4.92. The minimum atomic E-state index is -0.548. The van der Waals surface area contributed by atoms with Crippen molar-refractivity contribution in [3.8, 4) is 28.7 Å². The summed E-state index contributed by atoms with van der Waals surface area (Å²) in [5, 5.41) is 10.6. The molecule has 3 aromatic rings. The Morgan fingerprint density at radius 1 is 0.844 bits per heavy atom. The Hall–Kier alpha value is -3.39. The largest absolute Gasteiger partial charge is 0.508 e. The maximum Gasteiger partial charge on any atom is 0.379 e. The van der Waals surface area contributed by atoms with Crippen LogP contribution < -0.4 is 29.1 Å². The van der Waals surface area contributed by atoms with Gasteiger partial charge in [0.25, 0.3) is 0 Å². The zero-order valence-corrected chi connectivity index (χ0v) is 19.1. The maximum atomic E-state index is 12.2. The average Bonchev–Trinajstić information content (AvgIpc) is 2.74. The zero-order valence-electron chi connectivity index (χ0n) is 19.1. The van der Waals surface area contributed by atoms with Crippen molar-refractivity contribution >= 4 is 16.7 Å². The molecule has 0 aliphatic carbocycles. The molecular formula is C24H30NO7+. The summed E-state index contributed by atoms with van der Waals surface area (Å²) in [6.45, 7) is 0.809. The van der Waals surface area contributed by atoms with Gasteiger partial charge in [0, 0.05) is 29.7 Å². The third-order valence-corrected chi connectivity index (χ3v) is 4.92. The molecular weight excluding hydrogens is 414 g/mol. The van der Waals surface area contributed by atoms with Crippen LogP contribution in [0.1, 0.15) is 12.8 Å². The van der Waals surface area contributed by atoms with Gasteiger partial charge in [-0.2, -0.15) is 0 Å². The molecule has 1 aromatic heterocycles. The molecule has 0 saturated carbocycles. The van der Waals surface area contributed by atoms with E-state index >= 15 is 0 Å². The minimum Gasteiger partial charge on any atom is -0.508 e. The maximum absolute atomic E-state index is 12.2. The second-order valence-electron chi connectivity index (χ2n) is 8.24. The number of phenolic OH excluding ortho intramolecular Hbond substituents is 1. The highest BCUT2D eigenvalue weighted by molar-refractivity contribution is 5.81. The molecule has 172 valence electrons. The third kappa shape index (κ3) is 5.64. The molecule has 3 rings (SSSR count). The monoisotopic (exact) mass is 444 g/mol. The Bertz CT molecular complexity index is 1130. The molecule has 1 heterocycles. The van der Waals surface area contributed by atoms with Crippen LogP contribution in [0.3, 0.4) is 0 Å². The fraction of sp³-hybridized carbons (Fsp3) is 0.375. The number of benzene rings is 2. The molecule has 1 N–H and O–H groups in total. The SMILES string of the molecule is COc1cc2cc(OCCCCOc3cc(O)cc([N+](C)(C)C)c3)c(=O)oc2cc1OC. The summed E-state index contributed by atoms with van der Waals surface area (Å²) in [5.74, 6) is 1.96. The van der Waals surface area contributed by atoms with E-state index in [4.69, 9.17) is 23.4 Å². The van der Waals surface area contributed by atoms with Gasteiger partial charge in [0.1, 0.15) is 22.8 Å². The number of hydrogen-bond acceptors (Lipinski definition) is 7. The molecule has 0 aliphatic rings. The van der Waals surface area contributed by atoms with E-state index in [9.17, 15) is 9.90 Å². The zero-order chi connectivity index (χ0) is 23.3. The second-order valence-corrected chi connectivity index (χ2v) is 8.24. The van der Waals surface area contributed by atoms with E-state index in [0.29, 0.717) is 52.3 Å². The fourth-order valence-corrected chi connectivity index (χ4v) is 3.14. The van der Waals surface area contributed by atoms with E-state index in [0.717, 1.165) is 12.1 Å². The van der Waals surface area contributed by atoms with E-state index < -0.39 is 5.63 Å². The number of aromatic hydroxyl groups is 1. The van der Waals surface area contributed by atoms with Crippen LogP contribution in [0.2, 0.25) is 0 Å². The number of phenols is 1. The summed E-state index contributed by atoms with van der Waals surface area (Å²) in [5.41, 5.74) is 0.793. The molecule has 0 amide bonds. The van der Waals surface area contributed by atoms with Crippen molar-refractivity contribution in [2.75, 3.05) is 48.6 Å². The summed E-state index contributed by atoms with van der Waals surface area (Å²) in [7, 11) is 9.12. The van der Waals surface area contributed by atoms with Crippen molar-refractivity contribution in [2.24, 2.45) is 0 Å². The molecule has 0 unspecified atom stereocenters. The molecule has 0 atom stereocenters. The first kappa shape index (κ1) is 23.3. The van der Waals surface area contributed by atoms with Crippen molar-refractivity contribution in [3.05, 3.63) is 46.8 Å². The highest BCUT2D eigenvalue weighted by Crippen LogP contribution is 2.33. The average molecular weight is 445 g/mol. The van der Waals surface area contributed by atoms with Crippen molar-refractivity contribution in [1.82, 2.24) is 4.48 Å². The predicted octanol–water partition coefficient (Wildman–Crippen LogP) is 3.95. The highest BCUT2D eigenvalue weighted by atomic mass is 16.5. The van der Waals surface area contributed by atoms with Gasteiger partial charge < -0.3 is 28.5 Å². The smallest absolute Gasteiger partial charge is 0.379 e. The first-order chi connectivity index (χ1) is 15.2. The minimum absolute atomic E-state index is 0.145. The van der Waals surface area contributed by atoms with Gasteiger partial charge in [0.15, 0.2) is 11.5 Å². The van der Waals surface area contributed by atoms with E-state index in [2.05, 4.69) is 0 Å². The molecule has 32 heavy (non-hydrogen) atoms. The Morgan fingerprint density at radius 3 is 2.12 bits per heavy atom. The lowest BCUT2D eigenvalue weighted by Gasteiger charge is -2.24. The van der Waals surface area contributed by atoms with Crippen LogP contribution in [0, 0.1) is 0 Å². The Morgan fingerprint density at radius 2 is 1.47 bits per heavy atom. The molecule has 2 aromatic carbocycles. The lowest BCUT2D eigenvalue weighted by atomic mass is 10.2. The molecule has 8 heteroatoms. The number of hydrogen-bond donors (Lipinski definition) is 1. The fourth-order valence-electron chi connectivity index (χ4n) is 3.14. The summed E-state index contributed by atoms with van der Waals surface area (Å²) in [6.07, 6.45) is 1.41. The van der Waals surface area contributed by atoms with Crippen LogP contribution in [-0.4, -0.2) is 53.7 Å². The van der Waals surface area contributed by atoms with Gasteiger partial charge in [0.2, 0.25) is 5.75 Å². The van der Waals surface area contributed by atoms with E-state index in [-0.39, 0.29) is 11.5 Å². The van der Waals surface area contributed by atoms with E-state index in [1.54, 1.807) is 37.4 Å². The standard InChI is InChI=1S/C24H29NO7/c1-25(2,3)17-12-18(26)14-19(13-17)30-8-6-7-9-31-23-11-16-10-21(28-4)22(29-5)15-20(16)32-24(23)27/h10-15H,6-9H2,1-5H3/p+1. The molecule has 8 nitrogen and oxygen atoms in total. The summed E-state index contributed by atoms with van der Waals surface area (Å²) >= 11 is 0. The number of methoxy groups -OCH3 is 2. The summed E-state index contributed by atoms with van der Waals surface area (Å²) < 4.78 is 27.9. The number of quaternary nitrogens is 1. The van der Waals surface area contributed by atoms with Gasteiger partial charge in [-0.05, 0) is 25.0 Å². The van der Waals surface area contributed by atoms with E-state index in [1.165, 1.54) is 7.11 Å². The Kier molecular flexibility index (Phi) is 7.15. The number of ether oxygens (including phenoxy) is 4. The summed E-state index contributed by atoms with van der Waals surface area (Å²) in [6, 6.07) is 10.2. The lowest BCUT2D eigenvalue weighted by Crippen LogP contribution is -2.34. The van der Waals surface area contributed by atoms with Gasteiger partial charge in [0.05, 0.1) is 48.6 Å². The van der Waals surface area contributed by atoms with Crippen LogP contribution in [0.25, 0.3) is 11.0 Å². The highest BCUT2D eigenvalue weighted by Gasteiger charge is 2.15. The van der Waals surface area contributed by atoms with Crippen molar-refractivity contribution in [1.29, 1.82) is 0 Å². The van der Waals surface area contributed by atoms with Crippen LogP contribution in [0.4, 0.5) is 5.69 Å². The van der Waals surface area contributed by atoms with Crippen LogP contribution in [-0.2, 0) is 0 Å². The van der Waals surface area contributed by atoms with Crippen LogP contribution in [0.5, 0.6) is 28.7 Å². The van der Waals surface area contributed by atoms with Crippen molar-refractivity contribution in [3.63, 3.8) is 0 Å². The number of fused-ring (bicyclic) bond motifs is 1. The van der Waals surface area contributed by atoms with Gasteiger partial charge in [-0.25, -0.2) is 4.79 Å². The van der Waals surface area contributed by atoms with Crippen molar-refractivity contribution in [2.45, 2.75) is 12.8 Å². The number of unbranched alkanes of at least 4 members (excludes halogenated alkanes) is 1.